The first-order chi connectivity index (χ1) is 16.8. The Bertz CT molecular complexity index is 1290. The molecule has 1 saturated heterocycles. The number of carbonyl (C=O) groups is 1. The Kier molecular flexibility index (Phi) is 5.97. The Morgan fingerprint density at radius 3 is 2.03 bits per heavy atom. The second-order valence-electron chi connectivity index (χ2n) is 8.72. The number of hydrogen-bond donors (Lipinski definition) is 0. The fourth-order valence-corrected chi connectivity index (χ4v) is 5.84. The predicted molar refractivity (Wildman–Crippen MR) is 131 cm³/mol. The molecule has 2 heterocycles. The van der Waals surface area contributed by atoms with E-state index >= 15 is 0 Å². The number of aryl methyl sites for hydroxylation is 1. The zero-order valence-electron chi connectivity index (χ0n) is 19.0. The standard InChI is InChI=1S/C28H23F3N2OS/c1-19-24(35-25(32-19)20-12-14-23(15-13-20)28(29,30)31)18-33-17-16-27(26(33)34,21-8-4-2-5-9-21)22-10-6-3-7-11-22/h2-15H,16-18H2,1H3. The van der Waals surface area contributed by atoms with Crippen LogP contribution in [0, 0.1) is 6.92 Å². The monoisotopic (exact) mass is 492 g/mol. The van der Waals surface area contributed by atoms with Gasteiger partial charge in [0.15, 0.2) is 0 Å². The quantitative estimate of drug-likeness (QED) is 0.305. The molecule has 1 aromatic heterocycles. The topological polar surface area (TPSA) is 33.2 Å². The molecule has 1 fully saturated rings. The number of benzene rings is 3. The van der Waals surface area contributed by atoms with E-state index < -0.39 is 17.2 Å². The molecule has 5 rings (SSSR count). The highest BCUT2D eigenvalue weighted by atomic mass is 32.1. The van der Waals surface area contributed by atoms with E-state index in [1.54, 1.807) is 0 Å². The molecular weight excluding hydrogens is 469 g/mol. The number of carbonyl (C=O) groups excluding carboxylic acids is 1. The minimum atomic E-state index is -4.37. The van der Waals surface area contributed by atoms with Crippen LogP contribution in [-0.2, 0) is 22.9 Å². The summed E-state index contributed by atoms with van der Waals surface area (Å²) in [6.07, 6.45) is -3.70. The fraction of sp³-hybridized carbons (Fsp3) is 0.214. The summed E-state index contributed by atoms with van der Waals surface area (Å²) >= 11 is 1.42. The van der Waals surface area contributed by atoms with Gasteiger partial charge in [-0.2, -0.15) is 13.2 Å². The lowest BCUT2D eigenvalue weighted by atomic mass is 9.73. The van der Waals surface area contributed by atoms with E-state index in [1.807, 2.05) is 72.5 Å². The van der Waals surface area contributed by atoms with Crippen molar-refractivity contribution in [2.75, 3.05) is 6.54 Å². The van der Waals surface area contributed by atoms with Crippen LogP contribution in [0.3, 0.4) is 0 Å². The molecule has 1 aliphatic rings. The maximum absolute atomic E-state index is 14.0. The van der Waals surface area contributed by atoms with Gasteiger partial charge in [-0.05, 0) is 36.6 Å². The van der Waals surface area contributed by atoms with Crippen molar-refractivity contribution in [2.45, 2.75) is 31.5 Å². The average molecular weight is 493 g/mol. The lowest BCUT2D eigenvalue weighted by Crippen LogP contribution is -2.38. The van der Waals surface area contributed by atoms with E-state index in [0.717, 1.165) is 33.8 Å². The molecule has 0 bridgehead atoms. The van der Waals surface area contributed by atoms with Gasteiger partial charge in [0.05, 0.1) is 17.8 Å². The molecule has 7 heteroatoms. The number of rotatable bonds is 5. The number of aromatic nitrogens is 1. The van der Waals surface area contributed by atoms with Crippen LogP contribution in [0.2, 0.25) is 0 Å². The second kappa shape index (κ2) is 8.96. The molecule has 4 aromatic rings. The third-order valence-electron chi connectivity index (χ3n) is 6.63. The van der Waals surface area contributed by atoms with Gasteiger partial charge in [-0.3, -0.25) is 4.79 Å². The van der Waals surface area contributed by atoms with Crippen LogP contribution in [-0.4, -0.2) is 22.3 Å². The summed E-state index contributed by atoms with van der Waals surface area (Å²) in [6.45, 7) is 2.90. The van der Waals surface area contributed by atoms with Gasteiger partial charge in [0.25, 0.3) is 0 Å². The molecule has 0 unspecified atom stereocenters. The van der Waals surface area contributed by atoms with E-state index in [9.17, 15) is 18.0 Å². The molecule has 0 atom stereocenters. The number of likely N-dealkylation sites (tertiary alicyclic amines) is 1. The van der Waals surface area contributed by atoms with Crippen LogP contribution in [0.5, 0.6) is 0 Å². The van der Waals surface area contributed by atoms with E-state index in [1.165, 1.54) is 23.5 Å². The first kappa shape index (κ1) is 23.3. The van der Waals surface area contributed by atoms with Crippen LogP contribution in [0.25, 0.3) is 10.6 Å². The van der Waals surface area contributed by atoms with Gasteiger partial charge in [-0.1, -0.05) is 72.8 Å². The van der Waals surface area contributed by atoms with Crippen molar-refractivity contribution in [1.29, 1.82) is 0 Å². The number of alkyl halides is 3. The number of hydrogen-bond acceptors (Lipinski definition) is 3. The third-order valence-corrected chi connectivity index (χ3v) is 7.82. The van der Waals surface area contributed by atoms with Gasteiger partial charge in [0, 0.05) is 17.0 Å². The number of amides is 1. The van der Waals surface area contributed by atoms with Crippen molar-refractivity contribution in [3.8, 4) is 10.6 Å². The molecule has 0 N–H and O–H groups in total. The van der Waals surface area contributed by atoms with Gasteiger partial charge < -0.3 is 4.90 Å². The Balaban J connectivity index is 1.43. The van der Waals surface area contributed by atoms with Crippen molar-refractivity contribution >= 4 is 17.2 Å². The molecule has 3 nitrogen and oxygen atoms in total. The highest BCUT2D eigenvalue weighted by Gasteiger charge is 2.49. The zero-order chi connectivity index (χ0) is 24.6. The molecule has 0 radical (unpaired) electrons. The summed E-state index contributed by atoms with van der Waals surface area (Å²) in [5, 5.41) is 0.648. The lowest BCUT2D eigenvalue weighted by Gasteiger charge is -2.29. The van der Waals surface area contributed by atoms with Crippen LogP contribution in [0.4, 0.5) is 13.2 Å². The summed E-state index contributed by atoms with van der Waals surface area (Å²) < 4.78 is 38.7. The van der Waals surface area contributed by atoms with Crippen LogP contribution in [0.1, 0.15) is 33.7 Å². The minimum absolute atomic E-state index is 0.0544. The van der Waals surface area contributed by atoms with Crippen LogP contribution in [0.15, 0.2) is 84.9 Å². The Hall–Kier alpha value is -3.45. The fourth-order valence-electron chi connectivity index (χ4n) is 4.75. The molecule has 1 amide bonds. The van der Waals surface area contributed by atoms with Crippen LogP contribution >= 0.6 is 11.3 Å². The van der Waals surface area contributed by atoms with Gasteiger partial charge in [0.2, 0.25) is 5.91 Å². The number of halogens is 3. The van der Waals surface area contributed by atoms with Gasteiger partial charge in [0.1, 0.15) is 10.4 Å². The predicted octanol–water partition coefficient (Wildman–Crippen LogP) is 6.86. The van der Waals surface area contributed by atoms with E-state index in [-0.39, 0.29) is 5.91 Å². The summed E-state index contributed by atoms with van der Waals surface area (Å²) in [7, 11) is 0. The molecule has 178 valence electrons. The molecule has 35 heavy (non-hydrogen) atoms. The summed E-state index contributed by atoms with van der Waals surface area (Å²) in [5.41, 5.74) is 1.95. The van der Waals surface area contributed by atoms with Crippen molar-refractivity contribution in [1.82, 2.24) is 9.88 Å². The van der Waals surface area contributed by atoms with Gasteiger partial charge in [-0.25, -0.2) is 4.98 Å². The Labute approximate surface area is 205 Å². The average Bonchev–Trinajstić information content (AvgIpc) is 3.40. The zero-order valence-corrected chi connectivity index (χ0v) is 19.9. The molecule has 3 aromatic carbocycles. The minimum Gasteiger partial charge on any atom is -0.336 e. The molecule has 1 aliphatic heterocycles. The second-order valence-corrected chi connectivity index (χ2v) is 9.80. The first-order valence-corrected chi connectivity index (χ1v) is 12.1. The lowest BCUT2D eigenvalue weighted by molar-refractivity contribution is -0.137. The maximum atomic E-state index is 14.0. The number of thiazole rings is 1. The summed E-state index contributed by atoms with van der Waals surface area (Å²) in [6, 6.07) is 24.8. The van der Waals surface area contributed by atoms with E-state index in [4.69, 9.17) is 0 Å². The summed E-state index contributed by atoms with van der Waals surface area (Å²) in [5.74, 6) is 0.0544. The molecule has 0 spiro atoms. The Morgan fingerprint density at radius 2 is 1.49 bits per heavy atom. The maximum Gasteiger partial charge on any atom is 0.416 e. The van der Waals surface area contributed by atoms with E-state index in [2.05, 4.69) is 4.98 Å². The van der Waals surface area contributed by atoms with Crippen LogP contribution < -0.4 is 0 Å². The van der Waals surface area contributed by atoms with Crippen molar-refractivity contribution in [3.63, 3.8) is 0 Å². The highest BCUT2D eigenvalue weighted by Crippen LogP contribution is 2.43. The Morgan fingerprint density at radius 1 is 0.914 bits per heavy atom. The van der Waals surface area contributed by atoms with E-state index in [0.29, 0.717) is 30.1 Å². The molecule has 0 aliphatic carbocycles. The highest BCUT2D eigenvalue weighted by molar-refractivity contribution is 7.15. The third kappa shape index (κ3) is 4.25. The van der Waals surface area contributed by atoms with Crippen molar-refractivity contribution < 1.29 is 18.0 Å². The van der Waals surface area contributed by atoms with Gasteiger partial charge >= 0.3 is 6.18 Å². The molecule has 0 saturated carbocycles. The molecular formula is C28H23F3N2OS. The normalized spacial score (nSPS) is 15.5. The SMILES string of the molecule is Cc1nc(-c2ccc(C(F)(F)F)cc2)sc1CN1CCC(c2ccccc2)(c2ccccc2)C1=O. The smallest absolute Gasteiger partial charge is 0.336 e. The van der Waals surface area contributed by atoms with Gasteiger partial charge in [-0.15, -0.1) is 11.3 Å². The van der Waals surface area contributed by atoms with Crippen molar-refractivity contribution in [3.05, 3.63) is 112 Å². The largest absolute Gasteiger partial charge is 0.416 e. The number of nitrogens with zero attached hydrogens (tertiary/aromatic N) is 2. The van der Waals surface area contributed by atoms with Crippen molar-refractivity contribution in [2.24, 2.45) is 0 Å². The first-order valence-electron chi connectivity index (χ1n) is 11.3. The summed E-state index contributed by atoms with van der Waals surface area (Å²) in [4.78, 5) is 21.4.